The summed E-state index contributed by atoms with van der Waals surface area (Å²) in [4.78, 5) is 14.2. The molecule has 0 saturated heterocycles. The number of nitrogens with zero attached hydrogens (tertiary/aromatic N) is 1. The molecule has 3 heteroatoms. The summed E-state index contributed by atoms with van der Waals surface area (Å²) in [5, 5.41) is 0. The van der Waals surface area contributed by atoms with Gasteiger partial charge >= 0.3 is 0 Å². The molecule has 94 valence electrons. The largest absolute Gasteiger partial charge is 0.497 e. The standard InChI is InChI=1S/C14H21NO2/c1-10(2)15(11(3)4)14(16)12-6-8-13(17-5)9-7-12/h6-11H,1-5H3. The quantitative estimate of drug-likeness (QED) is 0.803. The normalized spacial score (nSPS) is 10.8. The monoisotopic (exact) mass is 235 g/mol. The first-order valence-electron chi connectivity index (χ1n) is 5.94. The molecule has 0 spiro atoms. The molecule has 1 aromatic rings. The van der Waals surface area contributed by atoms with Crippen LogP contribution in [0.5, 0.6) is 5.75 Å². The minimum atomic E-state index is 0.0673. The minimum absolute atomic E-state index is 0.0673. The van der Waals surface area contributed by atoms with Gasteiger partial charge in [-0.15, -0.1) is 0 Å². The van der Waals surface area contributed by atoms with Crippen molar-refractivity contribution in [2.75, 3.05) is 7.11 Å². The third-order valence-corrected chi connectivity index (χ3v) is 2.68. The molecule has 1 rings (SSSR count). The third kappa shape index (κ3) is 3.22. The molecular formula is C14H21NO2. The van der Waals surface area contributed by atoms with Crippen LogP contribution in [0.15, 0.2) is 24.3 Å². The highest BCUT2D eigenvalue weighted by molar-refractivity contribution is 5.94. The van der Waals surface area contributed by atoms with Gasteiger partial charge in [0, 0.05) is 17.6 Å². The maximum atomic E-state index is 12.3. The van der Waals surface area contributed by atoms with Crippen LogP contribution in [0.25, 0.3) is 0 Å². The zero-order chi connectivity index (χ0) is 13.0. The number of ether oxygens (including phenoxy) is 1. The van der Waals surface area contributed by atoms with Crippen molar-refractivity contribution in [2.24, 2.45) is 0 Å². The van der Waals surface area contributed by atoms with Crippen LogP contribution in [0.2, 0.25) is 0 Å². The summed E-state index contributed by atoms with van der Waals surface area (Å²) >= 11 is 0. The SMILES string of the molecule is COc1ccc(C(=O)N(C(C)C)C(C)C)cc1. The maximum absolute atomic E-state index is 12.3. The van der Waals surface area contributed by atoms with E-state index in [4.69, 9.17) is 4.74 Å². The number of hydrogen-bond acceptors (Lipinski definition) is 2. The van der Waals surface area contributed by atoms with Gasteiger partial charge in [-0.25, -0.2) is 0 Å². The lowest BCUT2D eigenvalue weighted by Crippen LogP contribution is -2.42. The van der Waals surface area contributed by atoms with E-state index in [1.165, 1.54) is 0 Å². The molecule has 0 aliphatic heterocycles. The van der Waals surface area contributed by atoms with E-state index in [0.717, 1.165) is 5.75 Å². The summed E-state index contributed by atoms with van der Waals surface area (Å²) in [7, 11) is 1.62. The van der Waals surface area contributed by atoms with Crippen LogP contribution in [0.1, 0.15) is 38.1 Å². The van der Waals surface area contributed by atoms with Crippen LogP contribution in [0.3, 0.4) is 0 Å². The molecule has 3 nitrogen and oxygen atoms in total. The molecule has 0 N–H and O–H groups in total. The number of carbonyl (C=O) groups excluding carboxylic acids is 1. The number of hydrogen-bond donors (Lipinski definition) is 0. The first-order valence-corrected chi connectivity index (χ1v) is 5.94. The van der Waals surface area contributed by atoms with Crippen molar-refractivity contribution in [1.29, 1.82) is 0 Å². The molecular weight excluding hydrogens is 214 g/mol. The molecule has 0 atom stereocenters. The summed E-state index contributed by atoms with van der Waals surface area (Å²) in [6, 6.07) is 7.63. The Balaban J connectivity index is 2.93. The number of rotatable bonds is 4. The first kappa shape index (κ1) is 13.6. The molecule has 0 saturated carbocycles. The van der Waals surface area contributed by atoms with Gasteiger partial charge in [-0.05, 0) is 52.0 Å². The molecule has 1 aromatic carbocycles. The highest BCUT2D eigenvalue weighted by atomic mass is 16.5. The van der Waals surface area contributed by atoms with Gasteiger partial charge in [-0.1, -0.05) is 0 Å². The van der Waals surface area contributed by atoms with Crippen molar-refractivity contribution in [3.8, 4) is 5.75 Å². The van der Waals surface area contributed by atoms with Gasteiger partial charge in [-0.3, -0.25) is 4.79 Å². The van der Waals surface area contributed by atoms with Gasteiger partial charge in [0.2, 0.25) is 0 Å². The fourth-order valence-corrected chi connectivity index (χ4v) is 1.95. The second kappa shape index (κ2) is 5.71. The Bertz CT molecular complexity index is 360. The fraction of sp³-hybridized carbons (Fsp3) is 0.500. The van der Waals surface area contributed by atoms with E-state index in [9.17, 15) is 4.79 Å². The van der Waals surface area contributed by atoms with E-state index in [0.29, 0.717) is 5.56 Å². The molecule has 0 radical (unpaired) electrons. The van der Waals surface area contributed by atoms with Crippen LogP contribution >= 0.6 is 0 Å². The Labute approximate surface area is 103 Å². The zero-order valence-corrected chi connectivity index (χ0v) is 11.2. The summed E-state index contributed by atoms with van der Waals surface area (Å²) in [6.45, 7) is 8.12. The van der Waals surface area contributed by atoms with Gasteiger partial charge < -0.3 is 9.64 Å². The van der Waals surface area contributed by atoms with Crippen LogP contribution in [-0.4, -0.2) is 30.0 Å². The molecule has 0 bridgehead atoms. The van der Waals surface area contributed by atoms with Crippen molar-refractivity contribution in [3.05, 3.63) is 29.8 Å². The Hall–Kier alpha value is -1.51. The highest BCUT2D eigenvalue weighted by Crippen LogP contribution is 2.16. The topological polar surface area (TPSA) is 29.5 Å². The van der Waals surface area contributed by atoms with Crippen LogP contribution < -0.4 is 4.74 Å². The van der Waals surface area contributed by atoms with E-state index in [2.05, 4.69) is 0 Å². The van der Waals surface area contributed by atoms with Crippen LogP contribution in [0.4, 0.5) is 0 Å². The predicted molar refractivity (Wildman–Crippen MR) is 69.4 cm³/mol. The minimum Gasteiger partial charge on any atom is -0.497 e. The van der Waals surface area contributed by atoms with Crippen LogP contribution in [0, 0.1) is 0 Å². The first-order chi connectivity index (χ1) is 7.97. The molecule has 1 amide bonds. The molecule has 0 aliphatic carbocycles. The van der Waals surface area contributed by atoms with E-state index < -0.39 is 0 Å². The second-order valence-corrected chi connectivity index (χ2v) is 4.63. The number of amides is 1. The Morgan fingerprint density at radius 1 is 1.06 bits per heavy atom. The lowest BCUT2D eigenvalue weighted by atomic mass is 10.1. The Morgan fingerprint density at radius 3 is 1.88 bits per heavy atom. The smallest absolute Gasteiger partial charge is 0.254 e. The number of carbonyl (C=O) groups is 1. The van der Waals surface area contributed by atoms with Gasteiger partial charge in [-0.2, -0.15) is 0 Å². The molecule has 0 unspecified atom stereocenters. The van der Waals surface area contributed by atoms with E-state index in [1.54, 1.807) is 19.2 Å². The van der Waals surface area contributed by atoms with Gasteiger partial charge in [0.1, 0.15) is 5.75 Å². The van der Waals surface area contributed by atoms with E-state index >= 15 is 0 Å². The Kier molecular flexibility index (Phi) is 4.55. The van der Waals surface area contributed by atoms with Crippen molar-refractivity contribution < 1.29 is 9.53 Å². The summed E-state index contributed by atoms with van der Waals surface area (Å²) in [5.74, 6) is 0.833. The fourth-order valence-electron chi connectivity index (χ4n) is 1.95. The second-order valence-electron chi connectivity index (χ2n) is 4.63. The van der Waals surface area contributed by atoms with Gasteiger partial charge in [0.25, 0.3) is 5.91 Å². The summed E-state index contributed by atoms with van der Waals surface area (Å²) < 4.78 is 5.08. The summed E-state index contributed by atoms with van der Waals surface area (Å²) in [5.41, 5.74) is 0.702. The van der Waals surface area contributed by atoms with E-state index in [-0.39, 0.29) is 18.0 Å². The maximum Gasteiger partial charge on any atom is 0.254 e. The van der Waals surface area contributed by atoms with E-state index in [1.807, 2.05) is 44.7 Å². The average molecular weight is 235 g/mol. The summed E-state index contributed by atoms with van der Waals surface area (Å²) in [6.07, 6.45) is 0. The van der Waals surface area contributed by atoms with Gasteiger partial charge in [0.15, 0.2) is 0 Å². The molecule has 0 aliphatic rings. The highest BCUT2D eigenvalue weighted by Gasteiger charge is 2.21. The van der Waals surface area contributed by atoms with Crippen molar-refractivity contribution in [3.63, 3.8) is 0 Å². The number of methoxy groups -OCH3 is 1. The lowest BCUT2D eigenvalue weighted by Gasteiger charge is -2.30. The van der Waals surface area contributed by atoms with Crippen molar-refractivity contribution in [1.82, 2.24) is 4.90 Å². The molecule has 0 heterocycles. The zero-order valence-electron chi connectivity index (χ0n) is 11.2. The van der Waals surface area contributed by atoms with Crippen LogP contribution in [-0.2, 0) is 0 Å². The van der Waals surface area contributed by atoms with Crippen molar-refractivity contribution in [2.45, 2.75) is 39.8 Å². The molecule has 17 heavy (non-hydrogen) atoms. The Morgan fingerprint density at radius 2 is 1.53 bits per heavy atom. The lowest BCUT2D eigenvalue weighted by molar-refractivity contribution is 0.0643. The van der Waals surface area contributed by atoms with Crippen molar-refractivity contribution >= 4 is 5.91 Å². The van der Waals surface area contributed by atoms with Gasteiger partial charge in [0.05, 0.1) is 7.11 Å². The average Bonchev–Trinajstić information content (AvgIpc) is 2.28. The number of benzene rings is 1. The third-order valence-electron chi connectivity index (χ3n) is 2.68. The molecule has 0 aromatic heterocycles. The predicted octanol–water partition coefficient (Wildman–Crippen LogP) is 2.95. The molecule has 0 fully saturated rings.